The molecule has 0 bridgehead atoms. The lowest BCUT2D eigenvalue weighted by Crippen LogP contribution is -2.07. The lowest BCUT2D eigenvalue weighted by Gasteiger charge is -2.06. The van der Waals surface area contributed by atoms with Crippen molar-refractivity contribution in [3.8, 4) is 11.5 Å². The van der Waals surface area contributed by atoms with Crippen LogP contribution in [-0.2, 0) is 16.4 Å². The Morgan fingerprint density at radius 3 is 2.26 bits per heavy atom. The second kappa shape index (κ2) is 8.82. The van der Waals surface area contributed by atoms with E-state index >= 15 is 0 Å². The topological polar surface area (TPSA) is 72.2 Å². The smallest absolute Gasteiger partial charge is 0.234 e. The van der Waals surface area contributed by atoms with Crippen molar-refractivity contribution in [2.24, 2.45) is 0 Å². The van der Waals surface area contributed by atoms with Crippen molar-refractivity contribution < 1.29 is 17.2 Å². The van der Waals surface area contributed by atoms with Gasteiger partial charge < -0.3 is 9.73 Å². The molecule has 4 aromatic rings. The van der Waals surface area contributed by atoms with Crippen molar-refractivity contribution >= 4 is 43.3 Å². The van der Waals surface area contributed by atoms with E-state index in [2.05, 4.69) is 26.2 Å². The number of rotatable bonds is 6. The summed E-state index contributed by atoms with van der Waals surface area (Å²) >= 11 is 9.24. The molecule has 0 aliphatic heterocycles. The summed E-state index contributed by atoms with van der Waals surface area (Å²) < 4.78 is 46.3. The zero-order valence-corrected chi connectivity index (χ0v) is 19.0. The Bertz CT molecular complexity index is 1310. The Kier molecular flexibility index (Phi) is 6.13. The number of hydrogen-bond donors (Lipinski definition) is 1. The predicted octanol–water partition coefficient (Wildman–Crippen LogP) is 6.34. The van der Waals surface area contributed by atoms with E-state index in [1.54, 1.807) is 48.5 Å². The van der Waals surface area contributed by atoms with Crippen LogP contribution in [0.2, 0.25) is 5.02 Å². The summed E-state index contributed by atoms with van der Waals surface area (Å²) in [6.07, 6.45) is 0. The normalized spacial score (nSPS) is 11.5. The molecule has 5 nitrogen and oxygen atoms in total. The molecule has 1 heterocycles. The van der Waals surface area contributed by atoms with Crippen molar-refractivity contribution in [1.29, 1.82) is 0 Å². The van der Waals surface area contributed by atoms with Gasteiger partial charge in [-0.05, 0) is 66.2 Å². The summed E-state index contributed by atoms with van der Waals surface area (Å²) in [4.78, 5) is 4.36. The fourth-order valence-corrected chi connectivity index (χ4v) is 4.49. The summed E-state index contributed by atoms with van der Waals surface area (Å²) in [6, 6.07) is 18.8. The quantitative estimate of drug-likeness (QED) is 0.320. The Balaban J connectivity index is 1.74. The number of benzene rings is 3. The molecule has 0 saturated heterocycles. The Morgan fingerprint density at radius 2 is 1.61 bits per heavy atom. The van der Waals surface area contributed by atoms with Crippen LogP contribution in [0.1, 0.15) is 5.56 Å². The van der Waals surface area contributed by atoms with E-state index < -0.39 is 9.84 Å². The first kappa shape index (κ1) is 21.5. The Labute approximate surface area is 191 Å². The maximum Gasteiger partial charge on any atom is 0.234 e. The highest BCUT2D eigenvalue weighted by atomic mass is 79.9. The van der Waals surface area contributed by atoms with Gasteiger partial charge in [0.05, 0.1) is 4.90 Å². The number of hydrogen-bond acceptors (Lipinski definition) is 5. The SMILES string of the molecule is O=S(=O)(c1ccc(Br)cc1)c1nc(-c2ccc(Cl)cc2)oc1NCc1ccc(F)cc1. The fraction of sp³-hybridized carbons (Fsp3) is 0.0455. The minimum atomic E-state index is -3.97. The molecule has 3 aromatic carbocycles. The molecule has 0 amide bonds. The zero-order chi connectivity index (χ0) is 22.0. The van der Waals surface area contributed by atoms with Gasteiger partial charge in [-0.15, -0.1) is 0 Å². The van der Waals surface area contributed by atoms with Crippen molar-refractivity contribution in [1.82, 2.24) is 4.98 Å². The van der Waals surface area contributed by atoms with Crippen LogP contribution in [0.4, 0.5) is 10.3 Å². The second-order valence-corrected chi connectivity index (χ2v) is 9.81. The summed E-state index contributed by atoms with van der Waals surface area (Å²) in [6.45, 7) is 0.221. The first-order valence-electron chi connectivity index (χ1n) is 9.09. The van der Waals surface area contributed by atoms with Gasteiger partial charge in [-0.1, -0.05) is 39.7 Å². The Hall–Kier alpha value is -2.68. The second-order valence-electron chi connectivity index (χ2n) is 6.60. The monoisotopic (exact) mass is 520 g/mol. The van der Waals surface area contributed by atoms with Crippen molar-refractivity contribution in [3.63, 3.8) is 0 Å². The van der Waals surface area contributed by atoms with Crippen LogP contribution in [-0.4, -0.2) is 13.4 Å². The van der Waals surface area contributed by atoms with Gasteiger partial charge in [-0.3, -0.25) is 0 Å². The average molecular weight is 522 g/mol. The van der Waals surface area contributed by atoms with E-state index in [1.807, 2.05) is 0 Å². The highest BCUT2D eigenvalue weighted by Crippen LogP contribution is 2.33. The minimum Gasteiger partial charge on any atom is -0.419 e. The molecule has 31 heavy (non-hydrogen) atoms. The van der Waals surface area contributed by atoms with Crippen LogP contribution in [0, 0.1) is 5.82 Å². The molecule has 0 aliphatic rings. The molecule has 1 N–H and O–H groups in total. The third-order valence-electron chi connectivity index (χ3n) is 4.43. The van der Waals surface area contributed by atoms with Crippen LogP contribution >= 0.6 is 27.5 Å². The van der Waals surface area contributed by atoms with Crippen LogP contribution < -0.4 is 5.32 Å². The fourth-order valence-electron chi connectivity index (χ4n) is 2.83. The van der Waals surface area contributed by atoms with E-state index in [4.69, 9.17) is 16.0 Å². The van der Waals surface area contributed by atoms with E-state index in [-0.39, 0.29) is 34.1 Å². The van der Waals surface area contributed by atoms with Crippen LogP contribution in [0.25, 0.3) is 11.5 Å². The largest absolute Gasteiger partial charge is 0.419 e. The molecule has 0 aliphatic carbocycles. The van der Waals surface area contributed by atoms with Gasteiger partial charge in [0.15, 0.2) is 0 Å². The van der Waals surface area contributed by atoms with Gasteiger partial charge in [-0.25, -0.2) is 12.8 Å². The van der Waals surface area contributed by atoms with E-state index in [0.29, 0.717) is 10.6 Å². The lowest BCUT2D eigenvalue weighted by molar-refractivity contribution is 0.576. The molecular formula is C22H15BrClFN2O3S. The first-order valence-corrected chi connectivity index (χ1v) is 11.7. The highest BCUT2D eigenvalue weighted by molar-refractivity contribution is 9.10. The van der Waals surface area contributed by atoms with Gasteiger partial charge in [0.1, 0.15) is 5.82 Å². The van der Waals surface area contributed by atoms with Crippen molar-refractivity contribution in [2.45, 2.75) is 16.5 Å². The van der Waals surface area contributed by atoms with E-state index in [1.165, 1.54) is 24.3 Å². The summed E-state index contributed by atoms with van der Waals surface area (Å²) in [5.41, 5.74) is 1.32. The van der Waals surface area contributed by atoms with Gasteiger partial charge in [0.2, 0.25) is 26.6 Å². The molecule has 158 valence electrons. The van der Waals surface area contributed by atoms with E-state index in [0.717, 1.165) is 10.0 Å². The molecule has 4 rings (SSSR count). The number of nitrogens with zero attached hydrogens (tertiary/aromatic N) is 1. The summed E-state index contributed by atoms with van der Waals surface area (Å²) in [7, 11) is -3.97. The number of aromatic nitrogens is 1. The average Bonchev–Trinajstić information content (AvgIpc) is 3.19. The molecule has 0 atom stereocenters. The van der Waals surface area contributed by atoms with Crippen LogP contribution in [0.5, 0.6) is 0 Å². The number of nitrogens with one attached hydrogen (secondary N) is 1. The Morgan fingerprint density at radius 1 is 0.968 bits per heavy atom. The van der Waals surface area contributed by atoms with Gasteiger partial charge in [-0.2, -0.15) is 4.98 Å². The van der Waals surface area contributed by atoms with Gasteiger partial charge in [0.25, 0.3) is 0 Å². The molecule has 0 spiro atoms. The number of sulfone groups is 1. The van der Waals surface area contributed by atoms with E-state index in [9.17, 15) is 12.8 Å². The summed E-state index contributed by atoms with van der Waals surface area (Å²) in [5.74, 6) is -0.224. The first-order chi connectivity index (χ1) is 14.8. The van der Waals surface area contributed by atoms with Crippen molar-refractivity contribution in [2.75, 3.05) is 5.32 Å². The van der Waals surface area contributed by atoms with Gasteiger partial charge >= 0.3 is 0 Å². The molecule has 0 unspecified atom stereocenters. The maximum absolute atomic E-state index is 13.3. The number of anilines is 1. The maximum atomic E-state index is 13.3. The third-order valence-corrected chi connectivity index (χ3v) is 6.89. The molecular weight excluding hydrogens is 507 g/mol. The molecule has 1 aromatic heterocycles. The highest BCUT2D eigenvalue weighted by Gasteiger charge is 2.28. The zero-order valence-electron chi connectivity index (χ0n) is 15.8. The molecule has 9 heteroatoms. The van der Waals surface area contributed by atoms with Gasteiger partial charge in [0, 0.05) is 21.6 Å². The third kappa shape index (κ3) is 4.81. The standard InChI is InChI=1S/C22H15BrClFN2O3S/c23-16-5-11-19(12-6-16)31(28,29)22-21(26-13-14-1-9-18(25)10-2-14)30-20(27-22)15-3-7-17(24)8-4-15/h1-12,26H,13H2. The minimum absolute atomic E-state index is 0.00260. The number of oxazole rings is 1. The molecule has 0 saturated carbocycles. The summed E-state index contributed by atoms with van der Waals surface area (Å²) in [5, 5.41) is 3.27. The predicted molar refractivity (Wildman–Crippen MR) is 120 cm³/mol. The van der Waals surface area contributed by atoms with Crippen molar-refractivity contribution in [3.05, 3.63) is 93.7 Å². The molecule has 0 fully saturated rings. The number of halogens is 3. The van der Waals surface area contributed by atoms with Crippen LogP contribution in [0.3, 0.4) is 0 Å². The lowest BCUT2D eigenvalue weighted by atomic mass is 10.2. The molecule has 0 radical (unpaired) electrons. The van der Waals surface area contributed by atoms with Crippen LogP contribution in [0.15, 0.2) is 91.6 Å².